The number of hydrogen-bond donors (Lipinski definition) is 1. The van der Waals surface area contributed by atoms with Gasteiger partial charge in [0, 0.05) is 4.47 Å². The van der Waals surface area contributed by atoms with Gasteiger partial charge in [0.25, 0.3) is 0 Å². The molecular weight excluding hydrogens is 262 g/mol. The van der Waals surface area contributed by atoms with Gasteiger partial charge in [-0.3, -0.25) is 9.67 Å². The Kier molecular flexibility index (Phi) is 2.52. The van der Waals surface area contributed by atoms with Gasteiger partial charge in [0.15, 0.2) is 4.77 Å². The van der Waals surface area contributed by atoms with Gasteiger partial charge in [-0.1, -0.05) is 22.0 Å². The molecule has 0 bridgehead atoms. The SMILES string of the molecule is Cc1ccc(-n2cn[nH]c2=S)cc1Br. The van der Waals surface area contributed by atoms with Gasteiger partial charge in [0.1, 0.15) is 6.33 Å². The van der Waals surface area contributed by atoms with E-state index in [0.29, 0.717) is 4.77 Å². The first-order valence-corrected chi connectivity index (χ1v) is 5.27. The molecule has 0 saturated heterocycles. The zero-order valence-electron chi connectivity index (χ0n) is 7.49. The molecule has 3 nitrogen and oxygen atoms in total. The molecule has 0 aliphatic rings. The number of aryl methyl sites for hydroxylation is 1. The van der Waals surface area contributed by atoms with Crippen molar-refractivity contribution in [2.45, 2.75) is 6.92 Å². The minimum atomic E-state index is 0.598. The summed E-state index contributed by atoms with van der Waals surface area (Å²) in [5, 5.41) is 6.58. The summed E-state index contributed by atoms with van der Waals surface area (Å²) in [6.45, 7) is 2.04. The van der Waals surface area contributed by atoms with Crippen molar-refractivity contribution in [3.63, 3.8) is 0 Å². The van der Waals surface area contributed by atoms with Gasteiger partial charge >= 0.3 is 0 Å². The van der Waals surface area contributed by atoms with Crippen molar-refractivity contribution in [2.75, 3.05) is 0 Å². The first-order chi connectivity index (χ1) is 6.68. The Labute approximate surface area is 94.9 Å². The zero-order valence-corrected chi connectivity index (χ0v) is 9.89. The molecule has 1 N–H and O–H groups in total. The standard InChI is InChI=1S/C9H8BrN3S/c1-6-2-3-7(4-8(6)10)13-5-11-12-9(13)14/h2-5H,1H3,(H,12,14). The molecule has 1 aromatic carbocycles. The van der Waals surface area contributed by atoms with Crippen LogP contribution in [0.1, 0.15) is 5.56 Å². The Morgan fingerprint density at radius 3 is 2.86 bits per heavy atom. The molecule has 0 aliphatic heterocycles. The van der Waals surface area contributed by atoms with E-state index in [1.165, 1.54) is 5.56 Å². The highest BCUT2D eigenvalue weighted by atomic mass is 79.9. The molecule has 0 atom stereocenters. The Hall–Kier alpha value is -0.940. The van der Waals surface area contributed by atoms with Crippen LogP contribution in [0, 0.1) is 11.7 Å². The number of rotatable bonds is 1. The fourth-order valence-corrected chi connectivity index (χ4v) is 1.74. The minimum Gasteiger partial charge on any atom is -0.275 e. The van der Waals surface area contributed by atoms with E-state index in [2.05, 4.69) is 26.1 Å². The Morgan fingerprint density at radius 1 is 1.50 bits per heavy atom. The lowest BCUT2D eigenvalue weighted by Crippen LogP contribution is -1.92. The molecule has 72 valence electrons. The molecule has 14 heavy (non-hydrogen) atoms. The molecule has 0 radical (unpaired) electrons. The molecule has 1 aromatic heterocycles. The Morgan fingerprint density at radius 2 is 2.29 bits per heavy atom. The predicted octanol–water partition coefficient (Wildman–Crippen LogP) is 3.00. The van der Waals surface area contributed by atoms with Crippen molar-refractivity contribution >= 4 is 28.1 Å². The predicted molar refractivity (Wildman–Crippen MR) is 61.2 cm³/mol. The van der Waals surface area contributed by atoms with Gasteiger partial charge in [0.2, 0.25) is 0 Å². The van der Waals surface area contributed by atoms with Crippen LogP contribution in [0.25, 0.3) is 5.69 Å². The number of hydrogen-bond acceptors (Lipinski definition) is 2. The molecule has 1 heterocycles. The monoisotopic (exact) mass is 269 g/mol. The van der Waals surface area contributed by atoms with Crippen LogP contribution in [0.3, 0.4) is 0 Å². The highest BCUT2D eigenvalue weighted by Crippen LogP contribution is 2.19. The summed E-state index contributed by atoms with van der Waals surface area (Å²) >= 11 is 8.55. The second-order valence-corrected chi connectivity index (χ2v) is 4.21. The van der Waals surface area contributed by atoms with Crippen LogP contribution in [-0.2, 0) is 0 Å². The lowest BCUT2D eigenvalue weighted by atomic mass is 10.2. The molecule has 0 fully saturated rings. The topological polar surface area (TPSA) is 33.6 Å². The third-order valence-corrected chi connectivity index (χ3v) is 3.13. The number of benzene rings is 1. The summed E-state index contributed by atoms with van der Waals surface area (Å²) in [5.74, 6) is 0. The molecule has 5 heteroatoms. The quantitative estimate of drug-likeness (QED) is 0.808. The highest BCUT2D eigenvalue weighted by Gasteiger charge is 2.00. The molecule has 0 unspecified atom stereocenters. The van der Waals surface area contributed by atoms with Gasteiger partial charge in [-0.25, -0.2) is 0 Å². The van der Waals surface area contributed by atoms with E-state index < -0.39 is 0 Å². The summed E-state index contributed by atoms with van der Waals surface area (Å²) < 4.78 is 3.48. The van der Waals surface area contributed by atoms with Crippen LogP contribution < -0.4 is 0 Å². The molecule has 0 aliphatic carbocycles. The summed E-state index contributed by atoms with van der Waals surface area (Å²) in [7, 11) is 0. The summed E-state index contributed by atoms with van der Waals surface area (Å²) in [5.41, 5.74) is 2.20. The number of aromatic amines is 1. The maximum absolute atomic E-state index is 5.07. The largest absolute Gasteiger partial charge is 0.275 e. The molecule has 0 saturated carbocycles. The smallest absolute Gasteiger partial charge is 0.199 e. The molecule has 0 amide bonds. The van der Waals surface area contributed by atoms with Crippen LogP contribution in [0.15, 0.2) is 29.0 Å². The maximum Gasteiger partial charge on any atom is 0.199 e. The number of nitrogens with one attached hydrogen (secondary N) is 1. The van der Waals surface area contributed by atoms with Crippen LogP contribution in [0.4, 0.5) is 0 Å². The van der Waals surface area contributed by atoms with Crippen molar-refractivity contribution in [1.29, 1.82) is 0 Å². The van der Waals surface area contributed by atoms with Gasteiger partial charge in [-0.05, 0) is 36.8 Å². The minimum absolute atomic E-state index is 0.598. The first kappa shape index (κ1) is 9.61. The average Bonchev–Trinajstić information content (AvgIpc) is 2.57. The maximum atomic E-state index is 5.07. The fraction of sp³-hybridized carbons (Fsp3) is 0.111. The first-order valence-electron chi connectivity index (χ1n) is 4.07. The van der Waals surface area contributed by atoms with Crippen LogP contribution in [0.5, 0.6) is 0 Å². The number of nitrogens with zero attached hydrogens (tertiary/aromatic N) is 2. The third kappa shape index (κ3) is 1.65. The normalized spacial score (nSPS) is 10.4. The summed E-state index contributed by atoms with van der Waals surface area (Å²) in [4.78, 5) is 0. The van der Waals surface area contributed by atoms with Crippen molar-refractivity contribution < 1.29 is 0 Å². The van der Waals surface area contributed by atoms with E-state index in [4.69, 9.17) is 12.2 Å². The molecule has 0 spiro atoms. The third-order valence-electron chi connectivity index (χ3n) is 1.99. The second-order valence-electron chi connectivity index (χ2n) is 2.97. The molecule has 2 rings (SSSR count). The second kappa shape index (κ2) is 3.67. The zero-order chi connectivity index (χ0) is 10.1. The lowest BCUT2D eigenvalue weighted by Gasteiger charge is -2.03. The highest BCUT2D eigenvalue weighted by molar-refractivity contribution is 9.10. The van der Waals surface area contributed by atoms with Gasteiger partial charge < -0.3 is 0 Å². The number of halogens is 1. The van der Waals surface area contributed by atoms with Gasteiger partial charge in [-0.2, -0.15) is 5.10 Å². The Bertz CT molecular complexity index is 515. The van der Waals surface area contributed by atoms with Gasteiger partial charge in [-0.15, -0.1) is 0 Å². The lowest BCUT2D eigenvalue weighted by molar-refractivity contribution is 1.03. The van der Waals surface area contributed by atoms with E-state index in [1.807, 2.05) is 29.7 Å². The summed E-state index contributed by atoms with van der Waals surface area (Å²) in [6.07, 6.45) is 1.67. The Balaban J connectivity index is 2.59. The van der Waals surface area contributed by atoms with Crippen molar-refractivity contribution in [1.82, 2.24) is 14.8 Å². The van der Waals surface area contributed by atoms with Crippen LogP contribution in [-0.4, -0.2) is 14.8 Å². The van der Waals surface area contributed by atoms with Crippen molar-refractivity contribution in [3.8, 4) is 5.69 Å². The summed E-state index contributed by atoms with van der Waals surface area (Å²) in [6, 6.07) is 6.06. The van der Waals surface area contributed by atoms with E-state index in [0.717, 1.165) is 10.2 Å². The van der Waals surface area contributed by atoms with Crippen LogP contribution >= 0.6 is 28.1 Å². The van der Waals surface area contributed by atoms with E-state index >= 15 is 0 Å². The average molecular weight is 270 g/mol. The molecular formula is C9H8BrN3S. The van der Waals surface area contributed by atoms with Crippen LogP contribution in [0.2, 0.25) is 0 Å². The van der Waals surface area contributed by atoms with E-state index in [-0.39, 0.29) is 0 Å². The fourth-order valence-electron chi connectivity index (χ4n) is 1.16. The van der Waals surface area contributed by atoms with Gasteiger partial charge in [0.05, 0.1) is 5.69 Å². The molecule has 2 aromatic rings. The number of H-pyrrole nitrogens is 1. The van der Waals surface area contributed by atoms with Crippen molar-refractivity contribution in [2.24, 2.45) is 0 Å². The van der Waals surface area contributed by atoms with E-state index in [9.17, 15) is 0 Å². The van der Waals surface area contributed by atoms with Crippen molar-refractivity contribution in [3.05, 3.63) is 39.3 Å². The van der Waals surface area contributed by atoms with E-state index in [1.54, 1.807) is 6.33 Å². The number of aromatic nitrogens is 3.